The summed E-state index contributed by atoms with van der Waals surface area (Å²) < 4.78 is 24.1. The first kappa shape index (κ1) is 22.2. The SMILES string of the molecule is CN=C(NCCCc1cnn(C)c1)NC(C)CCS(C)(=O)=O.I. The number of hydrogen-bond acceptors (Lipinski definition) is 4. The highest BCUT2D eigenvalue weighted by Crippen LogP contribution is 2.00. The van der Waals surface area contributed by atoms with Crippen LogP contribution in [0.25, 0.3) is 0 Å². The zero-order valence-corrected chi connectivity index (χ0v) is 17.4. The van der Waals surface area contributed by atoms with E-state index in [1.807, 2.05) is 26.4 Å². The molecule has 1 aromatic heterocycles. The van der Waals surface area contributed by atoms with Gasteiger partial charge in [0.2, 0.25) is 0 Å². The zero-order valence-electron chi connectivity index (χ0n) is 14.2. The Balaban J connectivity index is 0.00000484. The van der Waals surface area contributed by atoms with Crippen molar-refractivity contribution in [3.63, 3.8) is 0 Å². The number of halogens is 1. The van der Waals surface area contributed by atoms with Crippen LogP contribution in [0.5, 0.6) is 0 Å². The van der Waals surface area contributed by atoms with Gasteiger partial charge in [-0.05, 0) is 31.7 Å². The van der Waals surface area contributed by atoms with E-state index in [-0.39, 0.29) is 35.8 Å². The molecule has 23 heavy (non-hydrogen) atoms. The second-order valence-electron chi connectivity index (χ2n) is 5.59. The fraction of sp³-hybridized carbons (Fsp3) is 0.714. The number of guanidine groups is 1. The minimum Gasteiger partial charge on any atom is -0.356 e. The van der Waals surface area contributed by atoms with Crippen molar-refractivity contribution in [2.24, 2.45) is 12.0 Å². The van der Waals surface area contributed by atoms with Crippen molar-refractivity contribution in [1.82, 2.24) is 20.4 Å². The van der Waals surface area contributed by atoms with Crippen molar-refractivity contribution in [1.29, 1.82) is 0 Å². The van der Waals surface area contributed by atoms with Gasteiger partial charge in [-0.1, -0.05) is 0 Å². The van der Waals surface area contributed by atoms with E-state index >= 15 is 0 Å². The van der Waals surface area contributed by atoms with Gasteiger partial charge in [0.05, 0.1) is 11.9 Å². The Bertz CT molecular complexity index is 586. The van der Waals surface area contributed by atoms with E-state index in [2.05, 4.69) is 20.7 Å². The van der Waals surface area contributed by atoms with Crippen LogP contribution in [0.1, 0.15) is 25.3 Å². The molecule has 0 spiro atoms. The van der Waals surface area contributed by atoms with E-state index < -0.39 is 9.84 Å². The van der Waals surface area contributed by atoms with Crippen molar-refractivity contribution in [2.45, 2.75) is 32.2 Å². The minimum atomic E-state index is -2.92. The van der Waals surface area contributed by atoms with Gasteiger partial charge in [-0.25, -0.2) is 8.42 Å². The van der Waals surface area contributed by atoms with Crippen molar-refractivity contribution in [3.8, 4) is 0 Å². The molecule has 0 radical (unpaired) electrons. The minimum absolute atomic E-state index is 0. The number of rotatable bonds is 8. The van der Waals surface area contributed by atoms with Crippen LogP contribution < -0.4 is 10.6 Å². The molecule has 0 saturated heterocycles. The third-order valence-corrected chi connectivity index (χ3v) is 4.20. The molecule has 0 aliphatic rings. The van der Waals surface area contributed by atoms with Crippen LogP contribution in [-0.2, 0) is 23.3 Å². The topological polar surface area (TPSA) is 88.4 Å². The van der Waals surface area contributed by atoms with Gasteiger partial charge in [-0.15, -0.1) is 24.0 Å². The molecule has 0 amide bonds. The molecule has 9 heteroatoms. The van der Waals surface area contributed by atoms with Gasteiger partial charge in [-0.3, -0.25) is 9.67 Å². The first-order valence-corrected chi connectivity index (χ1v) is 9.48. The van der Waals surface area contributed by atoms with E-state index in [0.29, 0.717) is 12.4 Å². The first-order chi connectivity index (χ1) is 10.3. The Labute approximate surface area is 156 Å². The fourth-order valence-electron chi connectivity index (χ4n) is 1.99. The lowest BCUT2D eigenvalue weighted by molar-refractivity contribution is 0.580. The Morgan fingerprint density at radius 1 is 1.48 bits per heavy atom. The number of nitrogens with one attached hydrogen (secondary N) is 2. The highest BCUT2D eigenvalue weighted by molar-refractivity contribution is 14.0. The third-order valence-electron chi connectivity index (χ3n) is 3.22. The Kier molecular flexibility index (Phi) is 10.4. The van der Waals surface area contributed by atoms with Crippen LogP contribution in [0.4, 0.5) is 0 Å². The Hall–Kier alpha value is -0.840. The molecule has 1 unspecified atom stereocenters. The maximum Gasteiger partial charge on any atom is 0.191 e. The summed E-state index contributed by atoms with van der Waals surface area (Å²) in [5.74, 6) is 0.881. The van der Waals surface area contributed by atoms with Gasteiger partial charge in [0.1, 0.15) is 9.84 Å². The zero-order chi connectivity index (χ0) is 16.6. The van der Waals surface area contributed by atoms with Crippen molar-refractivity contribution >= 4 is 39.8 Å². The average molecular weight is 457 g/mol. The van der Waals surface area contributed by atoms with Gasteiger partial charge in [0.15, 0.2) is 5.96 Å². The summed E-state index contributed by atoms with van der Waals surface area (Å²) in [5, 5.41) is 10.6. The number of hydrogen-bond donors (Lipinski definition) is 2. The average Bonchev–Trinajstić information content (AvgIpc) is 2.85. The van der Waals surface area contributed by atoms with Crippen LogP contribution >= 0.6 is 24.0 Å². The van der Waals surface area contributed by atoms with Gasteiger partial charge < -0.3 is 10.6 Å². The maximum atomic E-state index is 11.2. The smallest absolute Gasteiger partial charge is 0.191 e. The van der Waals surface area contributed by atoms with Gasteiger partial charge in [0.25, 0.3) is 0 Å². The van der Waals surface area contributed by atoms with Crippen LogP contribution in [0.3, 0.4) is 0 Å². The van der Waals surface area contributed by atoms with Crippen LogP contribution in [0.15, 0.2) is 17.4 Å². The molecule has 0 aromatic carbocycles. The number of sulfone groups is 1. The van der Waals surface area contributed by atoms with E-state index in [1.54, 1.807) is 11.7 Å². The second-order valence-corrected chi connectivity index (χ2v) is 7.85. The van der Waals surface area contributed by atoms with Gasteiger partial charge in [-0.2, -0.15) is 5.10 Å². The van der Waals surface area contributed by atoms with E-state index in [9.17, 15) is 8.42 Å². The Morgan fingerprint density at radius 2 is 2.17 bits per heavy atom. The van der Waals surface area contributed by atoms with Crippen molar-refractivity contribution in [3.05, 3.63) is 18.0 Å². The maximum absolute atomic E-state index is 11.2. The molecule has 1 atom stereocenters. The summed E-state index contributed by atoms with van der Waals surface area (Å²) in [5.41, 5.74) is 1.22. The highest BCUT2D eigenvalue weighted by atomic mass is 127. The van der Waals surface area contributed by atoms with Crippen molar-refractivity contribution < 1.29 is 8.42 Å². The van der Waals surface area contributed by atoms with Gasteiger partial charge in [0, 0.05) is 39.1 Å². The third kappa shape index (κ3) is 10.5. The molecule has 0 saturated carbocycles. The molecular weight excluding hydrogens is 429 g/mol. The molecule has 0 fully saturated rings. The van der Waals surface area contributed by atoms with Crippen LogP contribution in [-0.4, -0.2) is 55.8 Å². The monoisotopic (exact) mass is 457 g/mol. The van der Waals surface area contributed by atoms with Crippen molar-refractivity contribution in [2.75, 3.05) is 25.6 Å². The van der Waals surface area contributed by atoms with E-state index in [1.165, 1.54) is 11.8 Å². The summed E-state index contributed by atoms with van der Waals surface area (Å²) in [7, 11) is 0.697. The van der Waals surface area contributed by atoms with E-state index in [4.69, 9.17) is 0 Å². The summed E-state index contributed by atoms with van der Waals surface area (Å²) in [4.78, 5) is 4.15. The van der Waals surface area contributed by atoms with Crippen LogP contribution in [0, 0.1) is 0 Å². The predicted octanol–water partition coefficient (Wildman–Crippen LogP) is 0.959. The molecular formula is C14H28IN5O2S. The summed E-state index contributed by atoms with van der Waals surface area (Å²) >= 11 is 0. The first-order valence-electron chi connectivity index (χ1n) is 7.42. The summed E-state index contributed by atoms with van der Waals surface area (Å²) in [6, 6.07) is 0.0549. The van der Waals surface area contributed by atoms with Gasteiger partial charge >= 0.3 is 0 Å². The second kappa shape index (κ2) is 10.8. The molecule has 1 heterocycles. The molecule has 1 rings (SSSR count). The quantitative estimate of drug-likeness (QED) is 0.263. The molecule has 2 N–H and O–H groups in total. The molecule has 7 nitrogen and oxygen atoms in total. The largest absolute Gasteiger partial charge is 0.356 e. The number of nitrogens with zero attached hydrogens (tertiary/aromatic N) is 3. The normalized spacial score (nSPS) is 13.3. The summed E-state index contributed by atoms with van der Waals surface area (Å²) in [6.07, 6.45) is 7.65. The molecule has 0 bridgehead atoms. The fourth-order valence-corrected chi connectivity index (χ4v) is 2.77. The number of aromatic nitrogens is 2. The predicted molar refractivity (Wildman–Crippen MR) is 105 cm³/mol. The molecule has 1 aromatic rings. The molecule has 0 aliphatic carbocycles. The Morgan fingerprint density at radius 3 is 2.70 bits per heavy atom. The lowest BCUT2D eigenvalue weighted by Gasteiger charge is -2.17. The van der Waals surface area contributed by atoms with Crippen LogP contribution in [0.2, 0.25) is 0 Å². The highest BCUT2D eigenvalue weighted by Gasteiger charge is 2.09. The van der Waals surface area contributed by atoms with E-state index in [0.717, 1.165) is 19.4 Å². The molecule has 134 valence electrons. The summed E-state index contributed by atoms with van der Waals surface area (Å²) in [6.45, 7) is 2.75. The lowest BCUT2D eigenvalue weighted by Crippen LogP contribution is -2.43. The standard InChI is InChI=1S/C14H27N5O2S.HI/c1-12(7-9-22(4,20)21)18-14(15-2)16-8-5-6-13-10-17-19(3)11-13;/h10-12H,5-9H2,1-4H3,(H2,15,16,18);1H. The number of aryl methyl sites for hydroxylation is 2. The lowest BCUT2D eigenvalue weighted by atomic mass is 10.2. The molecule has 0 aliphatic heterocycles. The number of aliphatic imine (C=N–C) groups is 1.